The highest BCUT2D eigenvalue weighted by Gasteiger charge is 2.31. The van der Waals surface area contributed by atoms with E-state index in [4.69, 9.17) is 24.1 Å². The van der Waals surface area contributed by atoms with Crippen LogP contribution in [0.1, 0.15) is 21.5 Å². The first kappa shape index (κ1) is 23.7. The molecule has 2 aromatic heterocycles. The number of anilines is 1. The summed E-state index contributed by atoms with van der Waals surface area (Å²) in [6.45, 7) is 0.136. The van der Waals surface area contributed by atoms with E-state index in [-0.39, 0.29) is 40.8 Å². The van der Waals surface area contributed by atoms with Crippen LogP contribution in [0, 0.1) is 0 Å². The number of rotatable bonds is 7. The van der Waals surface area contributed by atoms with E-state index in [0.717, 1.165) is 17.7 Å². The number of methoxy groups -OCH3 is 2. The summed E-state index contributed by atoms with van der Waals surface area (Å²) in [4.78, 5) is 12.9. The van der Waals surface area contributed by atoms with Gasteiger partial charge in [0.05, 0.1) is 19.8 Å². The minimum Gasteiger partial charge on any atom is -0.493 e. The summed E-state index contributed by atoms with van der Waals surface area (Å²) in [6, 6.07) is 12.8. The molecule has 3 N–H and O–H groups in total. The number of nitrogen functional groups attached to an aromatic ring is 1. The fraction of sp³-hybridized carbons (Fsp3) is 0.167. The molecule has 182 valence electrons. The minimum atomic E-state index is -4.49. The fourth-order valence-corrected chi connectivity index (χ4v) is 3.42. The van der Waals surface area contributed by atoms with E-state index in [9.17, 15) is 18.0 Å². The van der Waals surface area contributed by atoms with Crippen LogP contribution in [0.3, 0.4) is 0 Å². The van der Waals surface area contributed by atoms with Gasteiger partial charge in [-0.3, -0.25) is 4.79 Å². The molecule has 2 aromatic carbocycles. The maximum atomic E-state index is 13.0. The zero-order valence-electron chi connectivity index (χ0n) is 18.6. The van der Waals surface area contributed by atoms with Gasteiger partial charge >= 0.3 is 6.18 Å². The molecule has 0 saturated carbocycles. The molecule has 0 spiro atoms. The maximum Gasteiger partial charge on any atom is 0.416 e. The summed E-state index contributed by atoms with van der Waals surface area (Å²) in [7, 11) is 3.02. The van der Waals surface area contributed by atoms with E-state index >= 15 is 0 Å². The monoisotopic (exact) mass is 487 g/mol. The number of furan rings is 1. The number of nitrogens with zero attached hydrogens (tertiary/aromatic N) is 1. The predicted molar refractivity (Wildman–Crippen MR) is 120 cm³/mol. The third-order valence-electron chi connectivity index (χ3n) is 5.16. The van der Waals surface area contributed by atoms with E-state index in [2.05, 4.69) is 10.5 Å². The highest BCUT2D eigenvalue weighted by atomic mass is 19.4. The van der Waals surface area contributed by atoms with Gasteiger partial charge in [0.25, 0.3) is 5.91 Å². The molecular weight excluding hydrogens is 467 g/mol. The average molecular weight is 487 g/mol. The van der Waals surface area contributed by atoms with Gasteiger partial charge in [-0.05, 0) is 42.0 Å². The van der Waals surface area contributed by atoms with Crippen molar-refractivity contribution < 1.29 is 36.4 Å². The van der Waals surface area contributed by atoms with Crippen molar-refractivity contribution in [3.63, 3.8) is 0 Å². The zero-order valence-corrected chi connectivity index (χ0v) is 18.6. The summed E-state index contributed by atoms with van der Waals surface area (Å²) >= 11 is 0. The molecule has 4 rings (SSSR count). The number of carbonyl (C=O) groups is 1. The van der Waals surface area contributed by atoms with Gasteiger partial charge in [0.1, 0.15) is 11.3 Å². The quantitative estimate of drug-likeness (QED) is 0.371. The Hall–Kier alpha value is -4.41. The molecule has 0 aliphatic carbocycles. The Kier molecular flexibility index (Phi) is 6.41. The second-order valence-corrected chi connectivity index (χ2v) is 7.38. The largest absolute Gasteiger partial charge is 0.493 e. The van der Waals surface area contributed by atoms with E-state index in [1.165, 1.54) is 38.5 Å². The van der Waals surface area contributed by atoms with Crippen LogP contribution in [-0.2, 0) is 12.7 Å². The molecule has 11 heteroatoms. The SMILES string of the molecule is COc1ccc(CNC(=O)c2c(-c3ccc(-c4cccc(C(F)(F)F)c4)o3)noc2N)cc1OC. The van der Waals surface area contributed by atoms with Crippen LogP contribution in [0.25, 0.3) is 22.8 Å². The van der Waals surface area contributed by atoms with Gasteiger partial charge in [-0.2, -0.15) is 13.2 Å². The smallest absolute Gasteiger partial charge is 0.416 e. The molecule has 4 aromatic rings. The number of nitrogens with one attached hydrogen (secondary N) is 1. The summed E-state index contributed by atoms with van der Waals surface area (Å²) in [5.74, 6) is 0.496. The van der Waals surface area contributed by atoms with Crippen molar-refractivity contribution in [2.24, 2.45) is 0 Å². The van der Waals surface area contributed by atoms with Gasteiger partial charge in [-0.1, -0.05) is 23.4 Å². The number of amides is 1. The van der Waals surface area contributed by atoms with Crippen LogP contribution < -0.4 is 20.5 Å². The van der Waals surface area contributed by atoms with Crippen molar-refractivity contribution in [1.82, 2.24) is 10.5 Å². The standard InChI is InChI=1S/C24H20F3N3O5/c1-32-17-7-6-13(10-19(17)33-2)12-29-23(31)20-21(30-35-22(20)28)18-9-8-16(34-18)14-4-3-5-15(11-14)24(25,26)27/h3-11H,12,28H2,1-2H3,(H,29,31). The molecule has 1 amide bonds. The van der Waals surface area contributed by atoms with E-state index < -0.39 is 17.6 Å². The van der Waals surface area contributed by atoms with Crippen molar-refractivity contribution in [1.29, 1.82) is 0 Å². The minimum absolute atomic E-state index is 0.0190. The number of hydrogen-bond acceptors (Lipinski definition) is 7. The average Bonchev–Trinajstić information content (AvgIpc) is 3.48. The first-order valence-electron chi connectivity index (χ1n) is 10.2. The van der Waals surface area contributed by atoms with Crippen molar-refractivity contribution in [2.75, 3.05) is 20.0 Å². The van der Waals surface area contributed by atoms with Gasteiger partial charge in [-0.25, -0.2) is 0 Å². The molecule has 0 atom stereocenters. The number of carbonyl (C=O) groups excluding carboxylic acids is 1. The second-order valence-electron chi connectivity index (χ2n) is 7.38. The molecule has 0 radical (unpaired) electrons. The molecule has 2 heterocycles. The number of aromatic nitrogens is 1. The second kappa shape index (κ2) is 9.45. The summed E-state index contributed by atoms with van der Waals surface area (Å²) in [5.41, 5.74) is 5.92. The summed E-state index contributed by atoms with van der Waals surface area (Å²) < 4.78 is 60.3. The normalized spacial score (nSPS) is 11.3. The molecule has 35 heavy (non-hydrogen) atoms. The molecule has 8 nitrogen and oxygen atoms in total. The van der Waals surface area contributed by atoms with Gasteiger partial charge in [-0.15, -0.1) is 0 Å². The number of benzene rings is 2. The summed E-state index contributed by atoms with van der Waals surface area (Å²) in [5, 5.41) is 6.53. The first-order chi connectivity index (χ1) is 16.7. The summed E-state index contributed by atoms with van der Waals surface area (Å²) in [6.07, 6.45) is -4.49. The van der Waals surface area contributed by atoms with Gasteiger partial charge in [0, 0.05) is 12.1 Å². The zero-order chi connectivity index (χ0) is 25.2. The van der Waals surface area contributed by atoms with Crippen LogP contribution in [0.5, 0.6) is 11.5 Å². The maximum absolute atomic E-state index is 13.0. The molecule has 0 saturated heterocycles. The van der Waals surface area contributed by atoms with Gasteiger partial charge in [0.2, 0.25) is 5.88 Å². The van der Waals surface area contributed by atoms with E-state index in [0.29, 0.717) is 11.5 Å². The molecule has 0 aliphatic heterocycles. The lowest BCUT2D eigenvalue weighted by atomic mass is 10.1. The van der Waals surface area contributed by atoms with Gasteiger partial charge < -0.3 is 29.5 Å². The van der Waals surface area contributed by atoms with Crippen molar-refractivity contribution in [3.05, 3.63) is 71.3 Å². The van der Waals surface area contributed by atoms with Crippen LogP contribution in [-0.4, -0.2) is 25.3 Å². The number of hydrogen-bond donors (Lipinski definition) is 2. The highest BCUT2D eigenvalue weighted by molar-refractivity contribution is 6.03. The van der Waals surface area contributed by atoms with Crippen LogP contribution in [0.2, 0.25) is 0 Å². The molecule has 0 aliphatic rings. The Labute approximate surface area is 197 Å². The predicted octanol–water partition coefficient (Wildman–Crippen LogP) is 5.15. The molecule has 0 fully saturated rings. The van der Waals surface area contributed by atoms with E-state index in [1.54, 1.807) is 18.2 Å². The van der Waals surface area contributed by atoms with Crippen molar-refractivity contribution in [3.8, 4) is 34.3 Å². The van der Waals surface area contributed by atoms with Crippen LogP contribution in [0.4, 0.5) is 19.1 Å². The Morgan fingerprint density at radius 2 is 1.77 bits per heavy atom. The van der Waals surface area contributed by atoms with Crippen molar-refractivity contribution in [2.45, 2.75) is 12.7 Å². The molecular formula is C24H20F3N3O5. The fourth-order valence-electron chi connectivity index (χ4n) is 3.42. The topological polar surface area (TPSA) is 113 Å². The lowest BCUT2D eigenvalue weighted by Gasteiger charge is -2.10. The lowest BCUT2D eigenvalue weighted by molar-refractivity contribution is -0.137. The third kappa shape index (κ3) is 4.93. The van der Waals surface area contributed by atoms with E-state index in [1.807, 2.05) is 0 Å². The molecule has 0 unspecified atom stereocenters. The number of nitrogens with two attached hydrogens (primary N) is 1. The Morgan fingerprint density at radius 3 is 2.49 bits per heavy atom. The lowest BCUT2D eigenvalue weighted by Crippen LogP contribution is -2.23. The Morgan fingerprint density at radius 1 is 1.03 bits per heavy atom. The highest BCUT2D eigenvalue weighted by Crippen LogP contribution is 2.35. The Bertz CT molecular complexity index is 1360. The van der Waals surface area contributed by atoms with Crippen molar-refractivity contribution >= 4 is 11.8 Å². The van der Waals surface area contributed by atoms with Crippen LogP contribution in [0.15, 0.2) is 63.5 Å². The van der Waals surface area contributed by atoms with Crippen LogP contribution >= 0.6 is 0 Å². The first-order valence-corrected chi connectivity index (χ1v) is 10.2. The van der Waals surface area contributed by atoms with Gasteiger partial charge in [0.15, 0.2) is 23.0 Å². The third-order valence-corrected chi connectivity index (χ3v) is 5.16. The number of ether oxygens (including phenoxy) is 2. The Balaban J connectivity index is 1.56. The number of halogens is 3. The number of alkyl halides is 3. The molecule has 0 bridgehead atoms.